The van der Waals surface area contributed by atoms with E-state index in [0.29, 0.717) is 12.4 Å². The van der Waals surface area contributed by atoms with Crippen molar-refractivity contribution in [3.8, 4) is 11.5 Å². The summed E-state index contributed by atoms with van der Waals surface area (Å²) in [5.41, 5.74) is 1.86. The topological polar surface area (TPSA) is 59.6 Å². The molecule has 2 aromatic carbocycles. The fourth-order valence-corrected chi connectivity index (χ4v) is 2.83. The minimum Gasteiger partial charge on any atom is -0.494 e. The van der Waals surface area contributed by atoms with Crippen LogP contribution in [0.2, 0.25) is 0 Å². The van der Waals surface area contributed by atoms with Gasteiger partial charge in [-0.25, -0.2) is 0 Å². The van der Waals surface area contributed by atoms with Crippen LogP contribution in [0.3, 0.4) is 0 Å². The number of anilines is 1. The molecule has 0 aliphatic rings. The molecule has 0 aliphatic carbocycles. The summed E-state index contributed by atoms with van der Waals surface area (Å²) >= 11 is 8.54. The highest BCUT2D eigenvalue weighted by Gasteiger charge is 2.08. The van der Waals surface area contributed by atoms with Gasteiger partial charge in [0, 0.05) is 5.69 Å². The molecule has 2 rings (SSSR count). The molecule has 0 unspecified atom stereocenters. The quantitative estimate of drug-likeness (QED) is 0.687. The number of rotatable bonds is 6. The number of nitrogens with one attached hydrogen (secondary N) is 2. The first-order valence-corrected chi connectivity index (χ1v) is 8.90. The van der Waals surface area contributed by atoms with Crippen LogP contribution in [0.5, 0.6) is 11.5 Å². The van der Waals surface area contributed by atoms with Gasteiger partial charge in [0.2, 0.25) is 0 Å². The minimum absolute atomic E-state index is 0.132. The summed E-state index contributed by atoms with van der Waals surface area (Å²) in [5, 5.41) is 5.73. The number of carbonyl (C=O) groups is 1. The van der Waals surface area contributed by atoms with Crippen molar-refractivity contribution in [2.75, 3.05) is 18.5 Å². The molecule has 0 aromatic heterocycles. The minimum atomic E-state index is -0.337. The first kappa shape index (κ1) is 19.2. The Hall–Kier alpha value is -2.12. The Morgan fingerprint density at radius 1 is 1.16 bits per heavy atom. The Balaban J connectivity index is 1.80. The van der Waals surface area contributed by atoms with Gasteiger partial charge >= 0.3 is 0 Å². The molecular weight excluding hydrogens is 404 g/mol. The normalized spacial score (nSPS) is 10.0. The van der Waals surface area contributed by atoms with Gasteiger partial charge in [-0.15, -0.1) is 0 Å². The smallest absolute Gasteiger partial charge is 0.264 e. The van der Waals surface area contributed by atoms with E-state index in [2.05, 4.69) is 26.6 Å². The van der Waals surface area contributed by atoms with E-state index < -0.39 is 0 Å². The highest BCUT2D eigenvalue weighted by Crippen LogP contribution is 2.25. The van der Waals surface area contributed by atoms with Gasteiger partial charge < -0.3 is 14.8 Å². The molecule has 2 aromatic rings. The lowest BCUT2D eigenvalue weighted by Gasteiger charge is -2.12. The Morgan fingerprint density at radius 2 is 1.88 bits per heavy atom. The lowest BCUT2D eigenvalue weighted by molar-refractivity contribution is -0.121. The van der Waals surface area contributed by atoms with Crippen LogP contribution in [0, 0.1) is 6.92 Å². The van der Waals surface area contributed by atoms with E-state index in [4.69, 9.17) is 21.7 Å². The van der Waals surface area contributed by atoms with Gasteiger partial charge in [-0.1, -0.05) is 6.07 Å². The molecule has 0 fully saturated rings. The number of aryl methyl sites for hydroxylation is 1. The van der Waals surface area contributed by atoms with E-state index >= 15 is 0 Å². The van der Waals surface area contributed by atoms with E-state index in [0.717, 1.165) is 21.5 Å². The first-order valence-electron chi connectivity index (χ1n) is 7.70. The maximum absolute atomic E-state index is 11.9. The average molecular weight is 423 g/mol. The van der Waals surface area contributed by atoms with Crippen LogP contribution < -0.4 is 20.1 Å². The van der Waals surface area contributed by atoms with Gasteiger partial charge in [0.15, 0.2) is 11.7 Å². The van der Waals surface area contributed by atoms with Crippen molar-refractivity contribution >= 4 is 44.9 Å². The van der Waals surface area contributed by atoms with Crippen LogP contribution in [0.15, 0.2) is 46.9 Å². The summed E-state index contributed by atoms with van der Waals surface area (Å²) in [6, 6.07) is 12.9. The van der Waals surface area contributed by atoms with Crippen molar-refractivity contribution in [2.45, 2.75) is 13.8 Å². The van der Waals surface area contributed by atoms with Crippen LogP contribution in [-0.2, 0) is 4.79 Å². The summed E-state index contributed by atoms with van der Waals surface area (Å²) < 4.78 is 11.7. The molecule has 0 spiro atoms. The summed E-state index contributed by atoms with van der Waals surface area (Å²) in [6.45, 7) is 4.38. The second-order valence-electron chi connectivity index (χ2n) is 5.18. The third kappa shape index (κ3) is 6.36. The third-order valence-corrected chi connectivity index (χ3v) is 3.95. The molecular formula is C18H19BrN2O3S. The van der Waals surface area contributed by atoms with Crippen molar-refractivity contribution in [1.29, 1.82) is 0 Å². The lowest BCUT2D eigenvalue weighted by Crippen LogP contribution is -2.37. The number of amides is 1. The molecule has 5 nitrogen and oxygen atoms in total. The van der Waals surface area contributed by atoms with Crippen molar-refractivity contribution in [1.82, 2.24) is 5.32 Å². The Labute approximate surface area is 160 Å². The van der Waals surface area contributed by atoms with E-state index in [1.165, 1.54) is 0 Å². The highest BCUT2D eigenvalue weighted by atomic mass is 79.9. The van der Waals surface area contributed by atoms with Gasteiger partial charge in [0.05, 0.1) is 11.1 Å². The molecule has 1 amide bonds. The third-order valence-electron chi connectivity index (χ3n) is 3.12. The molecule has 0 aliphatic heterocycles. The largest absolute Gasteiger partial charge is 0.494 e. The van der Waals surface area contributed by atoms with Gasteiger partial charge in [0.1, 0.15) is 11.5 Å². The number of ether oxygens (including phenoxy) is 2. The number of hydrogen-bond donors (Lipinski definition) is 2. The fraction of sp³-hybridized carbons (Fsp3) is 0.222. The van der Waals surface area contributed by atoms with E-state index in [9.17, 15) is 4.79 Å². The van der Waals surface area contributed by atoms with Gasteiger partial charge in [-0.05, 0) is 84.0 Å². The lowest BCUT2D eigenvalue weighted by atomic mass is 10.2. The molecule has 0 saturated heterocycles. The zero-order valence-corrected chi connectivity index (χ0v) is 16.4. The molecule has 0 radical (unpaired) electrons. The summed E-state index contributed by atoms with van der Waals surface area (Å²) in [6.07, 6.45) is 0. The van der Waals surface area contributed by atoms with Crippen molar-refractivity contribution in [3.63, 3.8) is 0 Å². The highest BCUT2D eigenvalue weighted by molar-refractivity contribution is 9.10. The van der Waals surface area contributed by atoms with E-state index in [-0.39, 0.29) is 17.6 Å². The van der Waals surface area contributed by atoms with Crippen molar-refractivity contribution in [3.05, 3.63) is 52.5 Å². The Bertz CT molecular complexity index is 750. The van der Waals surface area contributed by atoms with Crippen LogP contribution in [-0.4, -0.2) is 24.2 Å². The monoisotopic (exact) mass is 422 g/mol. The summed E-state index contributed by atoms with van der Waals surface area (Å²) in [7, 11) is 0. The fourth-order valence-electron chi connectivity index (χ4n) is 1.99. The Kier molecular flexibility index (Phi) is 7.21. The number of thiocarbonyl (C=S) groups is 1. The molecule has 7 heteroatoms. The Morgan fingerprint density at radius 3 is 2.52 bits per heavy atom. The zero-order chi connectivity index (χ0) is 18.2. The van der Waals surface area contributed by atoms with Gasteiger partial charge in [-0.2, -0.15) is 0 Å². The molecule has 0 heterocycles. The molecule has 132 valence electrons. The summed E-state index contributed by atoms with van der Waals surface area (Å²) in [5.74, 6) is 1.04. The maximum atomic E-state index is 11.9. The SMILES string of the molecule is CCOc1ccc(NC(=S)NC(=O)COc2ccc(C)cc2Br)cc1. The first-order chi connectivity index (χ1) is 12.0. The number of benzene rings is 2. The summed E-state index contributed by atoms with van der Waals surface area (Å²) in [4.78, 5) is 11.9. The van der Waals surface area contributed by atoms with E-state index in [1.54, 1.807) is 0 Å². The predicted molar refractivity (Wildman–Crippen MR) is 106 cm³/mol. The number of carbonyl (C=O) groups excluding carboxylic acids is 1. The number of hydrogen-bond acceptors (Lipinski definition) is 4. The second kappa shape index (κ2) is 9.39. The van der Waals surface area contributed by atoms with E-state index in [1.807, 2.05) is 56.3 Å². The molecule has 0 saturated carbocycles. The standard InChI is InChI=1S/C18H19BrN2O3S/c1-3-23-14-7-5-13(6-8-14)20-18(25)21-17(22)11-24-16-9-4-12(2)10-15(16)19/h4-10H,3,11H2,1-2H3,(H2,20,21,22,25). The van der Waals surface area contributed by atoms with Crippen molar-refractivity contribution < 1.29 is 14.3 Å². The number of halogens is 1. The maximum Gasteiger partial charge on any atom is 0.264 e. The van der Waals surface area contributed by atoms with Crippen LogP contribution in [0.1, 0.15) is 12.5 Å². The second-order valence-corrected chi connectivity index (χ2v) is 6.44. The van der Waals surface area contributed by atoms with Gasteiger partial charge in [0.25, 0.3) is 5.91 Å². The van der Waals surface area contributed by atoms with Crippen molar-refractivity contribution in [2.24, 2.45) is 0 Å². The zero-order valence-electron chi connectivity index (χ0n) is 14.0. The molecule has 2 N–H and O–H groups in total. The van der Waals surface area contributed by atoms with Crippen LogP contribution in [0.4, 0.5) is 5.69 Å². The van der Waals surface area contributed by atoms with Crippen LogP contribution in [0.25, 0.3) is 0 Å². The molecule has 25 heavy (non-hydrogen) atoms. The van der Waals surface area contributed by atoms with Crippen LogP contribution >= 0.6 is 28.1 Å². The average Bonchev–Trinajstić information content (AvgIpc) is 2.56. The molecule has 0 bridgehead atoms. The molecule has 0 atom stereocenters. The van der Waals surface area contributed by atoms with Gasteiger partial charge in [-0.3, -0.25) is 10.1 Å². The predicted octanol–water partition coefficient (Wildman–Crippen LogP) is 4.05.